The number of fused-ring (bicyclic) bond motifs is 2. The van der Waals surface area contributed by atoms with Crippen molar-refractivity contribution in [1.82, 2.24) is 0 Å². The number of carbonyl (C=O) groups is 6. The van der Waals surface area contributed by atoms with Crippen LogP contribution in [-0.4, -0.2) is 55.6 Å². The lowest BCUT2D eigenvalue weighted by molar-refractivity contribution is -0.177. The highest BCUT2D eigenvalue weighted by atomic mass is 16.3. The van der Waals surface area contributed by atoms with Gasteiger partial charge in [0.25, 0.3) is 0 Å². The normalized spacial score (nSPS) is 43.0. The van der Waals surface area contributed by atoms with Crippen LogP contribution in [0, 0.1) is 39.4 Å². The molecule has 0 aromatic rings. The largest absolute Gasteiger partial charge is 0.504 e. The SMILES string of the molecule is C=C/C=C/C[C@@]1(O)C2C=C3C(=O)C[C@]45C(=O)C(O)=C(C)C(=O)[C@@H]4[C@]1(C(=O)/C=C/C=C/C)[C@@]1(C(=O)C(O)=C(C)C(=O)[C@@]315)[C@H]2C. The van der Waals surface area contributed by atoms with Gasteiger partial charge in [0.05, 0.1) is 33.2 Å². The Morgan fingerprint density at radius 3 is 2.28 bits per heavy atom. The van der Waals surface area contributed by atoms with Gasteiger partial charge in [-0.15, -0.1) is 0 Å². The van der Waals surface area contributed by atoms with Gasteiger partial charge in [0, 0.05) is 29.1 Å². The molecule has 0 aromatic carbocycles. The molecule has 6 rings (SSSR count). The molecule has 0 radical (unpaired) electrons. The highest BCUT2D eigenvalue weighted by Crippen LogP contribution is 2.92. The van der Waals surface area contributed by atoms with E-state index >= 15 is 4.79 Å². The number of hydrogen-bond acceptors (Lipinski definition) is 9. The van der Waals surface area contributed by atoms with Crippen LogP contribution in [0.2, 0.25) is 0 Å². The molecular weight excluding hydrogens is 552 g/mol. The smallest absolute Gasteiger partial charge is 0.206 e. The first-order valence-corrected chi connectivity index (χ1v) is 14.3. The minimum Gasteiger partial charge on any atom is -0.504 e. The van der Waals surface area contributed by atoms with E-state index < -0.39 is 109 Å². The van der Waals surface area contributed by atoms with E-state index in [9.17, 15) is 39.3 Å². The number of Topliss-reactive ketones (excluding diaryl/α,β-unsaturated/α-hetero) is 5. The molecule has 0 amide bonds. The van der Waals surface area contributed by atoms with Gasteiger partial charge in [0.2, 0.25) is 11.6 Å². The van der Waals surface area contributed by atoms with E-state index in [4.69, 9.17) is 0 Å². The summed E-state index contributed by atoms with van der Waals surface area (Å²) in [6.07, 6.45) is 10.5. The fraction of sp³-hybridized carbons (Fsp3) is 0.412. The second-order valence-electron chi connectivity index (χ2n) is 12.6. The monoisotopic (exact) mass is 584 g/mol. The maximum Gasteiger partial charge on any atom is 0.206 e. The number of ketones is 6. The molecule has 8 atom stereocenters. The number of aliphatic hydroxyl groups excluding tert-OH is 2. The van der Waals surface area contributed by atoms with Crippen LogP contribution >= 0.6 is 0 Å². The summed E-state index contributed by atoms with van der Waals surface area (Å²) < 4.78 is 0. The Kier molecular flexibility index (Phi) is 5.66. The van der Waals surface area contributed by atoms with Gasteiger partial charge in [0.15, 0.2) is 34.7 Å². The van der Waals surface area contributed by atoms with Gasteiger partial charge >= 0.3 is 0 Å². The average molecular weight is 585 g/mol. The average Bonchev–Trinajstić information content (AvgIpc) is 3.41. The molecule has 2 bridgehead atoms. The van der Waals surface area contributed by atoms with Crippen molar-refractivity contribution >= 4 is 34.7 Å². The molecule has 1 unspecified atom stereocenters. The molecule has 9 heteroatoms. The summed E-state index contributed by atoms with van der Waals surface area (Å²) in [5, 5.41) is 35.5. The Labute approximate surface area is 247 Å². The molecule has 3 spiro atoms. The molecule has 222 valence electrons. The van der Waals surface area contributed by atoms with Gasteiger partial charge in [0.1, 0.15) is 0 Å². The summed E-state index contributed by atoms with van der Waals surface area (Å²) in [7, 11) is 0. The van der Waals surface area contributed by atoms with E-state index in [0.717, 1.165) is 6.08 Å². The first-order valence-electron chi connectivity index (χ1n) is 14.3. The minimum atomic E-state index is -2.51. The van der Waals surface area contributed by atoms with Crippen molar-refractivity contribution in [3.8, 4) is 0 Å². The maximum absolute atomic E-state index is 15.0. The van der Waals surface area contributed by atoms with Gasteiger partial charge < -0.3 is 15.3 Å². The first-order chi connectivity index (χ1) is 20.2. The summed E-state index contributed by atoms with van der Waals surface area (Å²) in [6.45, 7) is 9.30. The highest BCUT2D eigenvalue weighted by molar-refractivity contribution is 6.33. The van der Waals surface area contributed by atoms with Crippen molar-refractivity contribution in [3.05, 3.63) is 83.4 Å². The van der Waals surface area contributed by atoms with Crippen molar-refractivity contribution in [1.29, 1.82) is 0 Å². The summed E-state index contributed by atoms with van der Waals surface area (Å²) in [6, 6.07) is 0. The Bertz CT molecular complexity index is 1710. The third-order valence-electron chi connectivity index (χ3n) is 11.6. The molecule has 3 saturated carbocycles. The fourth-order valence-electron chi connectivity index (χ4n) is 10.5. The van der Waals surface area contributed by atoms with Crippen molar-refractivity contribution in [2.24, 2.45) is 39.4 Å². The van der Waals surface area contributed by atoms with E-state index in [1.807, 2.05) is 0 Å². The van der Waals surface area contributed by atoms with Crippen molar-refractivity contribution in [2.75, 3.05) is 0 Å². The maximum atomic E-state index is 15.0. The third-order valence-corrected chi connectivity index (χ3v) is 11.6. The molecule has 6 aliphatic rings. The molecule has 0 saturated heterocycles. The number of aliphatic hydroxyl groups is 3. The lowest BCUT2D eigenvalue weighted by Gasteiger charge is -2.55. The first kappa shape index (κ1) is 28.9. The van der Waals surface area contributed by atoms with Crippen LogP contribution in [0.3, 0.4) is 0 Å². The zero-order chi connectivity index (χ0) is 31.7. The van der Waals surface area contributed by atoms with Crippen molar-refractivity contribution in [2.45, 2.75) is 46.1 Å². The molecule has 9 nitrogen and oxygen atoms in total. The predicted molar refractivity (Wildman–Crippen MR) is 152 cm³/mol. The minimum absolute atomic E-state index is 0.227. The van der Waals surface area contributed by atoms with Crippen LogP contribution in [0.4, 0.5) is 0 Å². The number of allylic oxidation sites excluding steroid dienone is 11. The van der Waals surface area contributed by atoms with Crippen LogP contribution in [-0.2, 0) is 28.8 Å². The van der Waals surface area contributed by atoms with Crippen LogP contribution < -0.4 is 0 Å². The van der Waals surface area contributed by atoms with Gasteiger partial charge in [-0.2, -0.15) is 0 Å². The standard InChI is InChI=1S/C34H32O9/c1-6-8-10-12-22(36)34-26-23(37)16(3)24(38)28(41)30(26)15-21(35)20-14-19(31(34,43)13-11-9-7-2)18(5)32(34)29(42)25(39)17(4)27(40)33(20,30)32/h6-12,14,18-19,26,38-39,43H,2,13,15H2,1,3-5H3/b8-6+,11-9+,12-10+/t18-,19?,26-,30+,31+,32+,33+,34-/m0/s1. The zero-order valence-corrected chi connectivity index (χ0v) is 24.3. The van der Waals surface area contributed by atoms with Crippen LogP contribution in [0.5, 0.6) is 0 Å². The van der Waals surface area contributed by atoms with Gasteiger partial charge in [-0.3, -0.25) is 28.8 Å². The van der Waals surface area contributed by atoms with E-state index in [1.165, 1.54) is 50.3 Å². The molecule has 43 heavy (non-hydrogen) atoms. The highest BCUT2D eigenvalue weighted by Gasteiger charge is 3.02. The Morgan fingerprint density at radius 2 is 1.65 bits per heavy atom. The molecular formula is C34H32O9. The summed E-state index contributed by atoms with van der Waals surface area (Å²) in [4.78, 5) is 88.0. The lowest BCUT2D eigenvalue weighted by atomic mass is 9.41. The molecule has 6 aliphatic carbocycles. The summed E-state index contributed by atoms with van der Waals surface area (Å²) in [5.74, 6) is -11.6. The third kappa shape index (κ3) is 2.40. The van der Waals surface area contributed by atoms with Crippen LogP contribution in [0.25, 0.3) is 0 Å². The van der Waals surface area contributed by atoms with Gasteiger partial charge in [-0.1, -0.05) is 56.0 Å². The molecule has 3 N–H and O–H groups in total. The van der Waals surface area contributed by atoms with E-state index in [-0.39, 0.29) is 12.0 Å². The Morgan fingerprint density at radius 1 is 1.00 bits per heavy atom. The number of carbonyl (C=O) groups excluding carboxylic acids is 6. The van der Waals surface area contributed by atoms with Gasteiger partial charge in [-0.25, -0.2) is 0 Å². The van der Waals surface area contributed by atoms with Crippen LogP contribution in [0.15, 0.2) is 83.4 Å². The van der Waals surface area contributed by atoms with E-state index in [1.54, 1.807) is 19.9 Å². The van der Waals surface area contributed by atoms with Crippen LogP contribution in [0.1, 0.15) is 40.5 Å². The zero-order valence-electron chi connectivity index (χ0n) is 24.3. The molecule has 0 aliphatic heterocycles. The predicted octanol–water partition coefficient (Wildman–Crippen LogP) is 3.27. The second kappa shape index (κ2) is 8.44. The second-order valence-corrected chi connectivity index (χ2v) is 12.6. The number of rotatable bonds is 6. The fourth-order valence-corrected chi connectivity index (χ4v) is 10.5. The Hall–Kier alpha value is -4.24. The summed E-state index contributed by atoms with van der Waals surface area (Å²) >= 11 is 0. The van der Waals surface area contributed by atoms with Gasteiger partial charge in [-0.05, 0) is 39.2 Å². The lowest BCUT2D eigenvalue weighted by Crippen LogP contribution is -2.67. The number of hydrogen-bond donors (Lipinski definition) is 3. The Balaban J connectivity index is 1.94. The molecule has 3 fully saturated rings. The van der Waals surface area contributed by atoms with Crippen molar-refractivity contribution < 1.29 is 44.1 Å². The van der Waals surface area contributed by atoms with E-state index in [2.05, 4.69) is 6.58 Å². The quantitative estimate of drug-likeness (QED) is 0.314. The molecule has 0 aromatic heterocycles. The van der Waals surface area contributed by atoms with E-state index in [0.29, 0.717) is 0 Å². The van der Waals surface area contributed by atoms with Crippen molar-refractivity contribution in [3.63, 3.8) is 0 Å². The topological polar surface area (TPSA) is 163 Å². The summed E-state index contributed by atoms with van der Waals surface area (Å²) in [5.41, 5.74) is -13.1. The molecule has 0 heterocycles.